The van der Waals surface area contributed by atoms with Crippen LogP contribution >= 0.6 is 0 Å². The van der Waals surface area contributed by atoms with Gasteiger partial charge < -0.3 is 18.9 Å². The van der Waals surface area contributed by atoms with Crippen molar-refractivity contribution in [3.63, 3.8) is 0 Å². The van der Waals surface area contributed by atoms with Gasteiger partial charge in [-0.05, 0) is 24.3 Å². The fourth-order valence-electron chi connectivity index (χ4n) is 2.12. The Morgan fingerprint density at radius 3 is 1.45 bits per heavy atom. The second-order valence-corrected chi connectivity index (χ2v) is 4.08. The van der Waals surface area contributed by atoms with E-state index in [1.54, 1.807) is 45.6 Å². The van der Waals surface area contributed by atoms with Crippen molar-refractivity contribution < 1.29 is 23.7 Å². The largest absolute Gasteiger partial charge is 0.496 e. The molecule has 0 radical (unpaired) electrons. The minimum atomic E-state index is -0.402. The first kappa shape index (κ1) is 14.0. The van der Waals surface area contributed by atoms with Crippen LogP contribution < -0.4 is 18.9 Å². The molecule has 2 aromatic rings. The zero-order chi connectivity index (χ0) is 14.7. The summed E-state index contributed by atoms with van der Waals surface area (Å²) in [6.07, 6.45) is 0. The highest BCUT2D eigenvalue weighted by Crippen LogP contribution is 2.44. The lowest BCUT2D eigenvalue weighted by molar-refractivity contribution is -0.131. The van der Waals surface area contributed by atoms with Crippen LogP contribution in [0.3, 0.4) is 0 Å². The topological polar surface area (TPSA) is 54.0 Å². The van der Waals surface area contributed by atoms with Crippen LogP contribution in [0, 0.1) is 0 Å². The molecule has 0 aliphatic rings. The molecule has 0 unspecified atom stereocenters. The van der Waals surface area contributed by atoms with Crippen molar-refractivity contribution in [2.75, 3.05) is 21.3 Å². The Labute approximate surface area is 117 Å². The molecule has 0 amide bonds. The minimum Gasteiger partial charge on any atom is -0.496 e. The second kappa shape index (κ2) is 5.69. The Morgan fingerprint density at radius 1 is 0.750 bits per heavy atom. The zero-order valence-corrected chi connectivity index (χ0v) is 11.9. The standard InChI is InChI=1S/C15H16O5/c1-9(16)20-13-8-7-11(18-3)14-10(17-2)5-6-12(19-4)15(13)14/h5-8H,1-4H3. The number of methoxy groups -OCH3 is 3. The lowest BCUT2D eigenvalue weighted by Crippen LogP contribution is -2.03. The van der Waals surface area contributed by atoms with E-state index in [9.17, 15) is 4.79 Å². The molecule has 0 aromatic heterocycles. The summed E-state index contributed by atoms with van der Waals surface area (Å²) in [6, 6.07) is 6.93. The van der Waals surface area contributed by atoms with Gasteiger partial charge in [-0.15, -0.1) is 0 Å². The SMILES string of the molecule is COc1ccc(OC)c2c(OC(C)=O)ccc(OC)c12. The van der Waals surface area contributed by atoms with Crippen molar-refractivity contribution in [1.29, 1.82) is 0 Å². The smallest absolute Gasteiger partial charge is 0.308 e. The fraction of sp³-hybridized carbons (Fsp3) is 0.267. The van der Waals surface area contributed by atoms with Gasteiger partial charge in [0.1, 0.15) is 23.0 Å². The first-order chi connectivity index (χ1) is 9.62. The molecule has 0 heterocycles. The molecular formula is C15H16O5. The molecule has 0 saturated carbocycles. The normalized spacial score (nSPS) is 10.2. The van der Waals surface area contributed by atoms with Crippen LogP contribution in [0.25, 0.3) is 10.8 Å². The molecule has 0 spiro atoms. The van der Waals surface area contributed by atoms with E-state index in [1.165, 1.54) is 6.92 Å². The van der Waals surface area contributed by atoms with Crippen LogP contribution in [0.5, 0.6) is 23.0 Å². The molecule has 0 fully saturated rings. The molecule has 0 N–H and O–H groups in total. The Hall–Kier alpha value is -2.43. The van der Waals surface area contributed by atoms with Crippen molar-refractivity contribution in [1.82, 2.24) is 0 Å². The number of fused-ring (bicyclic) bond motifs is 1. The maximum Gasteiger partial charge on any atom is 0.308 e. The number of hydrogen-bond donors (Lipinski definition) is 0. The summed E-state index contributed by atoms with van der Waals surface area (Å²) in [6.45, 7) is 1.35. The molecule has 5 heteroatoms. The Morgan fingerprint density at radius 2 is 1.10 bits per heavy atom. The Balaban J connectivity index is 2.86. The summed E-state index contributed by atoms with van der Waals surface area (Å²) in [7, 11) is 4.69. The van der Waals surface area contributed by atoms with Gasteiger partial charge >= 0.3 is 5.97 Å². The lowest BCUT2D eigenvalue weighted by atomic mass is 10.1. The predicted octanol–water partition coefficient (Wildman–Crippen LogP) is 2.79. The summed E-state index contributed by atoms with van der Waals surface area (Å²) in [5.41, 5.74) is 0. The molecule has 2 aromatic carbocycles. The van der Waals surface area contributed by atoms with Gasteiger partial charge in [-0.3, -0.25) is 4.79 Å². The molecule has 0 saturated heterocycles. The summed E-state index contributed by atoms with van der Waals surface area (Å²) >= 11 is 0. The molecular weight excluding hydrogens is 260 g/mol. The second-order valence-electron chi connectivity index (χ2n) is 4.08. The van der Waals surface area contributed by atoms with Crippen LogP contribution in [0.2, 0.25) is 0 Å². The number of carbonyl (C=O) groups is 1. The van der Waals surface area contributed by atoms with Gasteiger partial charge in [-0.1, -0.05) is 0 Å². The van der Waals surface area contributed by atoms with Gasteiger partial charge in [0.15, 0.2) is 0 Å². The van der Waals surface area contributed by atoms with Gasteiger partial charge in [0.2, 0.25) is 0 Å². The summed E-state index contributed by atoms with van der Waals surface area (Å²) in [4.78, 5) is 11.2. The van der Waals surface area contributed by atoms with E-state index in [-0.39, 0.29) is 0 Å². The first-order valence-electron chi connectivity index (χ1n) is 6.02. The number of carbonyl (C=O) groups excluding carboxylic acids is 1. The van der Waals surface area contributed by atoms with E-state index in [0.717, 1.165) is 0 Å². The third-order valence-corrected chi connectivity index (χ3v) is 2.92. The minimum absolute atomic E-state index is 0.402. The van der Waals surface area contributed by atoms with Gasteiger partial charge in [-0.2, -0.15) is 0 Å². The summed E-state index contributed by atoms with van der Waals surface area (Å²) in [5, 5.41) is 1.34. The Kier molecular flexibility index (Phi) is 3.98. The molecule has 2 rings (SSSR count). The maximum atomic E-state index is 11.2. The Bertz CT molecular complexity index is 638. The number of ether oxygens (including phenoxy) is 4. The van der Waals surface area contributed by atoms with Crippen LogP contribution in [-0.4, -0.2) is 27.3 Å². The molecule has 0 atom stereocenters. The number of benzene rings is 2. The van der Waals surface area contributed by atoms with Crippen LogP contribution in [0.15, 0.2) is 24.3 Å². The van der Waals surface area contributed by atoms with E-state index in [4.69, 9.17) is 18.9 Å². The van der Waals surface area contributed by atoms with E-state index in [0.29, 0.717) is 33.8 Å². The lowest BCUT2D eigenvalue weighted by Gasteiger charge is -2.15. The zero-order valence-electron chi connectivity index (χ0n) is 11.9. The van der Waals surface area contributed by atoms with Gasteiger partial charge in [0.25, 0.3) is 0 Å². The highest BCUT2D eigenvalue weighted by molar-refractivity contribution is 6.02. The molecule has 0 aliphatic heterocycles. The first-order valence-corrected chi connectivity index (χ1v) is 6.02. The third-order valence-electron chi connectivity index (χ3n) is 2.92. The third kappa shape index (κ3) is 2.34. The average molecular weight is 276 g/mol. The average Bonchev–Trinajstić information content (AvgIpc) is 2.45. The van der Waals surface area contributed by atoms with Crippen LogP contribution in [0.1, 0.15) is 6.92 Å². The van der Waals surface area contributed by atoms with Gasteiger partial charge in [-0.25, -0.2) is 0 Å². The number of esters is 1. The summed E-state index contributed by atoms with van der Waals surface area (Å²) < 4.78 is 21.3. The van der Waals surface area contributed by atoms with Crippen molar-refractivity contribution in [3.05, 3.63) is 24.3 Å². The fourth-order valence-corrected chi connectivity index (χ4v) is 2.12. The highest BCUT2D eigenvalue weighted by Gasteiger charge is 2.17. The summed E-state index contributed by atoms with van der Waals surface area (Å²) in [5.74, 6) is 1.82. The molecule has 0 aliphatic carbocycles. The monoisotopic (exact) mass is 276 g/mol. The van der Waals surface area contributed by atoms with Crippen LogP contribution in [-0.2, 0) is 4.79 Å². The number of hydrogen-bond acceptors (Lipinski definition) is 5. The molecule has 0 bridgehead atoms. The maximum absolute atomic E-state index is 11.2. The van der Waals surface area contributed by atoms with Crippen LogP contribution in [0.4, 0.5) is 0 Å². The quantitative estimate of drug-likeness (QED) is 0.635. The van der Waals surface area contributed by atoms with Crippen molar-refractivity contribution in [2.24, 2.45) is 0 Å². The van der Waals surface area contributed by atoms with E-state index >= 15 is 0 Å². The van der Waals surface area contributed by atoms with E-state index < -0.39 is 5.97 Å². The molecule has 106 valence electrons. The van der Waals surface area contributed by atoms with Crippen molar-refractivity contribution in [2.45, 2.75) is 6.92 Å². The van der Waals surface area contributed by atoms with Crippen molar-refractivity contribution in [3.8, 4) is 23.0 Å². The molecule has 20 heavy (non-hydrogen) atoms. The highest BCUT2D eigenvalue weighted by atomic mass is 16.5. The van der Waals surface area contributed by atoms with E-state index in [1.807, 2.05) is 0 Å². The van der Waals surface area contributed by atoms with E-state index in [2.05, 4.69) is 0 Å². The van der Waals surface area contributed by atoms with Gasteiger partial charge in [0.05, 0.1) is 32.1 Å². The van der Waals surface area contributed by atoms with Crippen molar-refractivity contribution >= 4 is 16.7 Å². The predicted molar refractivity (Wildman–Crippen MR) is 74.9 cm³/mol. The molecule has 5 nitrogen and oxygen atoms in total. The number of rotatable bonds is 4. The van der Waals surface area contributed by atoms with Gasteiger partial charge in [0, 0.05) is 6.92 Å².